The first-order valence-corrected chi connectivity index (χ1v) is 8.79. The summed E-state index contributed by atoms with van der Waals surface area (Å²) in [5.74, 6) is 0.632. The van der Waals surface area contributed by atoms with Gasteiger partial charge < -0.3 is 20.7 Å². The normalized spacial score (nSPS) is 14.4. The number of amides is 2. The van der Waals surface area contributed by atoms with Gasteiger partial charge in [-0.25, -0.2) is 4.79 Å². The van der Waals surface area contributed by atoms with Crippen LogP contribution in [-0.2, 0) is 13.0 Å². The fourth-order valence-electron chi connectivity index (χ4n) is 3.12. The van der Waals surface area contributed by atoms with E-state index in [1.54, 1.807) is 0 Å². The number of hydrogen-bond donors (Lipinski definition) is 2. The summed E-state index contributed by atoms with van der Waals surface area (Å²) >= 11 is 0. The van der Waals surface area contributed by atoms with Crippen molar-refractivity contribution in [2.24, 2.45) is 5.73 Å². The highest BCUT2D eigenvalue weighted by Crippen LogP contribution is 2.27. The van der Waals surface area contributed by atoms with E-state index in [2.05, 4.69) is 16.3 Å². The highest BCUT2D eigenvalue weighted by molar-refractivity contribution is 5.89. The number of urea groups is 1. The van der Waals surface area contributed by atoms with Crippen LogP contribution in [-0.4, -0.2) is 30.6 Å². The monoisotopic (exact) mass is 339 g/mol. The third kappa shape index (κ3) is 5.22. The van der Waals surface area contributed by atoms with Gasteiger partial charge in [-0.15, -0.1) is 0 Å². The van der Waals surface area contributed by atoms with Crippen LogP contribution < -0.4 is 15.8 Å². The fourth-order valence-corrected chi connectivity index (χ4v) is 3.12. The summed E-state index contributed by atoms with van der Waals surface area (Å²) in [6, 6.07) is 15.3. The largest absolute Gasteiger partial charge is 0.487 e. The van der Waals surface area contributed by atoms with E-state index in [1.807, 2.05) is 42.5 Å². The van der Waals surface area contributed by atoms with Gasteiger partial charge in [0.15, 0.2) is 0 Å². The second kappa shape index (κ2) is 8.53. The highest BCUT2D eigenvalue weighted by atomic mass is 16.5. The van der Waals surface area contributed by atoms with Crippen molar-refractivity contribution in [1.29, 1.82) is 0 Å². The third-order valence-corrected chi connectivity index (χ3v) is 4.45. The lowest BCUT2D eigenvalue weighted by molar-refractivity contribution is 0.259. The van der Waals surface area contributed by atoms with E-state index >= 15 is 0 Å². The van der Waals surface area contributed by atoms with Gasteiger partial charge >= 0.3 is 6.03 Å². The Morgan fingerprint density at radius 2 is 1.84 bits per heavy atom. The van der Waals surface area contributed by atoms with E-state index in [0.717, 1.165) is 18.5 Å². The zero-order chi connectivity index (χ0) is 17.5. The molecule has 2 amide bonds. The Balaban J connectivity index is 1.66. The van der Waals surface area contributed by atoms with E-state index in [1.165, 1.54) is 31.5 Å². The minimum Gasteiger partial charge on any atom is -0.487 e. The zero-order valence-electron chi connectivity index (χ0n) is 14.4. The second-order valence-electron chi connectivity index (χ2n) is 6.39. The molecule has 1 aliphatic heterocycles. The molecule has 132 valence electrons. The Hall–Kier alpha value is -2.53. The maximum absolute atomic E-state index is 11.3. The number of anilines is 1. The molecule has 1 fully saturated rings. The first-order chi connectivity index (χ1) is 12.2. The number of rotatable bonds is 7. The number of nitrogens with two attached hydrogens (primary N) is 1. The molecule has 1 heterocycles. The molecule has 1 aliphatic rings. The number of likely N-dealkylation sites (tertiary alicyclic amines) is 1. The molecule has 0 spiro atoms. The molecule has 1 saturated heterocycles. The number of carbonyl (C=O) groups is 1. The van der Waals surface area contributed by atoms with Gasteiger partial charge in [0.25, 0.3) is 0 Å². The molecule has 25 heavy (non-hydrogen) atoms. The van der Waals surface area contributed by atoms with Crippen LogP contribution >= 0.6 is 0 Å². The van der Waals surface area contributed by atoms with E-state index in [9.17, 15) is 4.79 Å². The van der Waals surface area contributed by atoms with Crippen LogP contribution in [0.4, 0.5) is 10.5 Å². The summed E-state index contributed by atoms with van der Waals surface area (Å²) in [5, 5.41) is 2.68. The van der Waals surface area contributed by atoms with Crippen molar-refractivity contribution >= 4 is 11.7 Å². The van der Waals surface area contributed by atoms with Gasteiger partial charge in [0.1, 0.15) is 12.4 Å². The second-order valence-corrected chi connectivity index (χ2v) is 6.39. The zero-order valence-corrected chi connectivity index (χ0v) is 14.4. The van der Waals surface area contributed by atoms with Gasteiger partial charge in [-0.2, -0.15) is 0 Å². The van der Waals surface area contributed by atoms with Gasteiger partial charge in [-0.1, -0.05) is 36.4 Å². The average Bonchev–Trinajstić information content (AvgIpc) is 3.13. The Morgan fingerprint density at radius 3 is 2.56 bits per heavy atom. The molecule has 5 heteroatoms. The number of carbonyl (C=O) groups excluding carboxylic acids is 1. The molecule has 2 aromatic rings. The summed E-state index contributed by atoms with van der Waals surface area (Å²) in [7, 11) is 0. The number of hydrogen-bond acceptors (Lipinski definition) is 3. The number of nitrogens with one attached hydrogen (secondary N) is 1. The summed E-state index contributed by atoms with van der Waals surface area (Å²) in [6.07, 6.45) is 3.54. The van der Waals surface area contributed by atoms with Crippen LogP contribution in [0.3, 0.4) is 0 Å². The van der Waals surface area contributed by atoms with Crippen LogP contribution in [0.15, 0.2) is 48.5 Å². The molecule has 0 saturated carbocycles. The van der Waals surface area contributed by atoms with E-state index in [4.69, 9.17) is 10.5 Å². The first kappa shape index (κ1) is 17.3. The van der Waals surface area contributed by atoms with Gasteiger partial charge in [-0.3, -0.25) is 0 Å². The Morgan fingerprint density at radius 1 is 1.08 bits per heavy atom. The van der Waals surface area contributed by atoms with Crippen molar-refractivity contribution in [3.8, 4) is 5.75 Å². The minimum absolute atomic E-state index is 0.446. The molecule has 0 aromatic heterocycles. The quantitative estimate of drug-likeness (QED) is 0.812. The fraction of sp³-hybridized carbons (Fsp3) is 0.350. The summed E-state index contributed by atoms with van der Waals surface area (Å²) < 4.78 is 5.88. The van der Waals surface area contributed by atoms with Crippen molar-refractivity contribution in [3.05, 3.63) is 59.7 Å². The third-order valence-electron chi connectivity index (χ3n) is 4.45. The Kier molecular flexibility index (Phi) is 5.90. The van der Waals surface area contributed by atoms with Gasteiger partial charge in [0.2, 0.25) is 0 Å². The molecule has 5 nitrogen and oxygen atoms in total. The van der Waals surface area contributed by atoms with Crippen molar-refractivity contribution in [2.45, 2.75) is 25.9 Å². The number of nitrogens with zero attached hydrogens (tertiary/aromatic N) is 1. The lowest BCUT2D eigenvalue weighted by atomic mass is 10.1. The molecule has 3 rings (SSSR count). The van der Waals surface area contributed by atoms with Crippen molar-refractivity contribution in [2.75, 3.05) is 25.0 Å². The SMILES string of the molecule is NC(=O)Nc1cc(CCN2CCCC2)ccc1OCc1ccccc1. The van der Waals surface area contributed by atoms with Gasteiger partial charge in [0, 0.05) is 6.54 Å². The number of primary amides is 1. The predicted octanol–water partition coefficient (Wildman–Crippen LogP) is 3.39. The summed E-state index contributed by atoms with van der Waals surface area (Å²) in [6.45, 7) is 3.86. The predicted molar refractivity (Wildman–Crippen MR) is 99.8 cm³/mol. The van der Waals surface area contributed by atoms with E-state index < -0.39 is 6.03 Å². The molecule has 0 atom stereocenters. The van der Waals surface area contributed by atoms with Gasteiger partial charge in [-0.05, 0) is 55.6 Å². The molecule has 0 radical (unpaired) electrons. The molecular weight excluding hydrogens is 314 g/mol. The van der Waals surface area contributed by atoms with Gasteiger partial charge in [0.05, 0.1) is 5.69 Å². The molecule has 2 aromatic carbocycles. The maximum Gasteiger partial charge on any atom is 0.316 e. The lowest BCUT2D eigenvalue weighted by Crippen LogP contribution is -2.22. The van der Waals surface area contributed by atoms with Crippen molar-refractivity contribution in [3.63, 3.8) is 0 Å². The first-order valence-electron chi connectivity index (χ1n) is 8.79. The molecular formula is C20H25N3O2. The summed E-state index contributed by atoms with van der Waals surface area (Å²) in [5.41, 5.74) is 8.18. The Bertz CT molecular complexity index is 697. The van der Waals surface area contributed by atoms with E-state index in [0.29, 0.717) is 18.0 Å². The van der Waals surface area contributed by atoms with Crippen LogP contribution in [0.5, 0.6) is 5.75 Å². The smallest absolute Gasteiger partial charge is 0.316 e. The highest BCUT2D eigenvalue weighted by Gasteiger charge is 2.12. The number of benzene rings is 2. The van der Waals surface area contributed by atoms with Crippen LogP contribution in [0.1, 0.15) is 24.0 Å². The van der Waals surface area contributed by atoms with E-state index in [-0.39, 0.29) is 0 Å². The molecule has 0 aliphatic carbocycles. The lowest BCUT2D eigenvalue weighted by Gasteiger charge is -2.16. The molecule has 0 bridgehead atoms. The van der Waals surface area contributed by atoms with Crippen LogP contribution in [0.2, 0.25) is 0 Å². The van der Waals surface area contributed by atoms with Crippen molar-refractivity contribution < 1.29 is 9.53 Å². The number of ether oxygens (including phenoxy) is 1. The maximum atomic E-state index is 11.3. The standard InChI is InChI=1S/C20H25N3O2/c21-20(24)22-18-14-16(10-13-23-11-4-5-12-23)8-9-19(18)25-15-17-6-2-1-3-7-17/h1-3,6-9,14H,4-5,10-13,15H2,(H3,21,22,24). The minimum atomic E-state index is -0.582. The summed E-state index contributed by atoms with van der Waals surface area (Å²) in [4.78, 5) is 13.8. The molecule has 3 N–H and O–H groups in total. The van der Waals surface area contributed by atoms with Crippen molar-refractivity contribution in [1.82, 2.24) is 4.90 Å². The van der Waals surface area contributed by atoms with Crippen LogP contribution in [0.25, 0.3) is 0 Å². The molecule has 0 unspecified atom stereocenters. The topological polar surface area (TPSA) is 67.6 Å². The Labute approximate surface area is 148 Å². The average molecular weight is 339 g/mol. The van der Waals surface area contributed by atoms with Crippen LogP contribution in [0, 0.1) is 0 Å².